The van der Waals surface area contributed by atoms with Crippen LogP contribution in [-0.2, 0) is 6.42 Å². The van der Waals surface area contributed by atoms with Gasteiger partial charge in [0.2, 0.25) is 0 Å². The highest BCUT2D eigenvalue weighted by Crippen LogP contribution is 2.41. The highest BCUT2D eigenvalue weighted by atomic mass is 35.5. The van der Waals surface area contributed by atoms with E-state index in [1.54, 1.807) is 6.07 Å². The Kier molecular flexibility index (Phi) is 4.79. The van der Waals surface area contributed by atoms with Crippen LogP contribution in [-0.4, -0.2) is 12.2 Å². The standard InChI is InChI=1S/C13H17ClF3NS/c14-12-5-4-10(19-12)7-11(18)8-2-1-3-9(6-8)13(15,16)17/h4-5,8-9,11H,1-3,6-7,18H2. The van der Waals surface area contributed by atoms with Gasteiger partial charge in [-0.3, -0.25) is 0 Å². The fourth-order valence-corrected chi connectivity index (χ4v) is 3.93. The van der Waals surface area contributed by atoms with Gasteiger partial charge in [-0.2, -0.15) is 13.2 Å². The molecule has 1 heterocycles. The summed E-state index contributed by atoms with van der Waals surface area (Å²) in [6, 6.07) is 3.49. The first-order valence-electron chi connectivity index (χ1n) is 6.42. The molecule has 0 aliphatic heterocycles. The summed E-state index contributed by atoms with van der Waals surface area (Å²) in [6.45, 7) is 0. The molecule has 3 atom stereocenters. The molecule has 6 heteroatoms. The zero-order chi connectivity index (χ0) is 14.0. The topological polar surface area (TPSA) is 26.0 Å². The first-order chi connectivity index (χ1) is 8.86. The largest absolute Gasteiger partial charge is 0.391 e. The zero-order valence-corrected chi connectivity index (χ0v) is 12.0. The van der Waals surface area contributed by atoms with Crippen LogP contribution in [0.5, 0.6) is 0 Å². The molecular weight excluding hydrogens is 295 g/mol. The van der Waals surface area contributed by atoms with Crippen molar-refractivity contribution >= 4 is 22.9 Å². The molecule has 2 N–H and O–H groups in total. The van der Waals surface area contributed by atoms with Crippen LogP contribution in [0.4, 0.5) is 13.2 Å². The molecule has 1 saturated carbocycles. The minimum Gasteiger partial charge on any atom is -0.327 e. The van der Waals surface area contributed by atoms with Crippen molar-refractivity contribution in [1.29, 1.82) is 0 Å². The molecule has 2 rings (SSSR count). The molecule has 19 heavy (non-hydrogen) atoms. The predicted octanol–water partition coefficient (Wildman–Crippen LogP) is 4.64. The molecule has 0 radical (unpaired) electrons. The van der Waals surface area contributed by atoms with Crippen molar-refractivity contribution in [3.63, 3.8) is 0 Å². The Bertz CT molecular complexity index is 418. The normalized spacial score (nSPS) is 26.4. The van der Waals surface area contributed by atoms with Crippen molar-refractivity contribution in [3.8, 4) is 0 Å². The molecule has 1 aliphatic rings. The third-order valence-corrected chi connectivity index (χ3v) is 5.10. The Morgan fingerprint density at radius 1 is 1.37 bits per heavy atom. The maximum absolute atomic E-state index is 12.8. The third kappa shape index (κ3) is 4.10. The lowest BCUT2D eigenvalue weighted by Gasteiger charge is -2.33. The summed E-state index contributed by atoms with van der Waals surface area (Å²) >= 11 is 7.29. The molecule has 0 amide bonds. The molecule has 0 aromatic carbocycles. The highest BCUT2D eigenvalue weighted by molar-refractivity contribution is 7.16. The highest BCUT2D eigenvalue weighted by Gasteiger charge is 2.43. The van der Waals surface area contributed by atoms with E-state index in [0.29, 0.717) is 17.2 Å². The molecule has 3 unspecified atom stereocenters. The van der Waals surface area contributed by atoms with E-state index in [1.165, 1.54) is 11.3 Å². The van der Waals surface area contributed by atoms with Gasteiger partial charge in [0, 0.05) is 10.9 Å². The second kappa shape index (κ2) is 6.02. The van der Waals surface area contributed by atoms with E-state index in [4.69, 9.17) is 17.3 Å². The Hall–Kier alpha value is -0.260. The summed E-state index contributed by atoms with van der Waals surface area (Å²) in [5.74, 6) is -1.22. The van der Waals surface area contributed by atoms with Crippen LogP contribution in [0.25, 0.3) is 0 Å². The van der Waals surface area contributed by atoms with Crippen LogP contribution >= 0.6 is 22.9 Å². The Morgan fingerprint density at radius 2 is 2.11 bits per heavy atom. The number of rotatable bonds is 3. The Labute approximate surface area is 119 Å². The number of nitrogens with two attached hydrogens (primary N) is 1. The van der Waals surface area contributed by atoms with Crippen LogP contribution in [0.15, 0.2) is 12.1 Å². The fourth-order valence-electron chi connectivity index (χ4n) is 2.77. The average molecular weight is 312 g/mol. The second-order valence-electron chi connectivity index (χ2n) is 5.24. The van der Waals surface area contributed by atoms with Gasteiger partial charge in [-0.05, 0) is 43.7 Å². The molecule has 0 spiro atoms. The van der Waals surface area contributed by atoms with Crippen LogP contribution in [0.2, 0.25) is 4.34 Å². The SMILES string of the molecule is NC(Cc1ccc(Cl)s1)C1CCCC(C(F)(F)F)C1. The molecule has 1 aromatic heterocycles. The molecule has 1 aromatic rings. The lowest BCUT2D eigenvalue weighted by Crippen LogP contribution is -2.38. The van der Waals surface area contributed by atoms with Gasteiger partial charge in [-0.15, -0.1) is 11.3 Å². The van der Waals surface area contributed by atoms with E-state index in [0.717, 1.165) is 11.3 Å². The van der Waals surface area contributed by atoms with E-state index in [-0.39, 0.29) is 24.8 Å². The lowest BCUT2D eigenvalue weighted by molar-refractivity contribution is -0.186. The van der Waals surface area contributed by atoms with Gasteiger partial charge in [-0.1, -0.05) is 18.0 Å². The van der Waals surface area contributed by atoms with E-state index in [9.17, 15) is 13.2 Å². The third-order valence-electron chi connectivity index (χ3n) is 3.85. The van der Waals surface area contributed by atoms with Gasteiger partial charge in [0.15, 0.2) is 0 Å². The van der Waals surface area contributed by atoms with Gasteiger partial charge in [0.05, 0.1) is 10.3 Å². The van der Waals surface area contributed by atoms with Crippen LogP contribution in [0.3, 0.4) is 0 Å². The fraction of sp³-hybridized carbons (Fsp3) is 0.692. The first-order valence-corrected chi connectivity index (χ1v) is 7.62. The lowest BCUT2D eigenvalue weighted by atomic mass is 9.77. The van der Waals surface area contributed by atoms with Crippen molar-refractivity contribution in [2.45, 2.75) is 44.3 Å². The van der Waals surface area contributed by atoms with Gasteiger partial charge in [-0.25, -0.2) is 0 Å². The van der Waals surface area contributed by atoms with E-state index >= 15 is 0 Å². The molecule has 1 fully saturated rings. The van der Waals surface area contributed by atoms with E-state index in [1.807, 2.05) is 6.07 Å². The maximum Gasteiger partial charge on any atom is 0.391 e. The maximum atomic E-state index is 12.8. The van der Waals surface area contributed by atoms with Gasteiger partial charge in [0.25, 0.3) is 0 Å². The summed E-state index contributed by atoms with van der Waals surface area (Å²) < 4.78 is 38.9. The summed E-state index contributed by atoms with van der Waals surface area (Å²) in [7, 11) is 0. The molecule has 108 valence electrons. The minimum atomic E-state index is -4.08. The molecule has 0 bridgehead atoms. The Balaban J connectivity index is 1.93. The minimum absolute atomic E-state index is 0.0405. The summed E-state index contributed by atoms with van der Waals surface area (Å²) in [5.41, 5.74) is 6.09. The number of hydrogen-bond acceptors (Lipinski definition) is 2. The number of halogens is 4. The molecular formula is C13H17ClF3NS. The molecule has 0 saturated heterocycles. The summed E-state index contributed by atoms with van der Waals surface area (Å²) in [6.07, 6.45) is -1.63. The van der Waals surface area contributed by atoms with Crippen molar-refractivity contribution in [2.24, 2.45) is 17.6 Å². The molecule has 1 nitrogen and oxygen atoms in total. The quantitative estimate of drug-likeness (QED) is 0.864. The van der Waals surface area contributed by atoms with Gasteiger partial charge >= 0.3 is 6.18 Å². The van der Waals surface area contributed by atoms with Crippen molar-refractivity contribution in [1.82, 2.24) is 0 Å². The van der Waals surface area contributed by atoms with Crippen LogP contribution in [0, 0.1) is 11.8 Å². The van der Waals surface area contributed by atoms with Gasteiger partial charge in [0.1, 0.15) is 0 Å². The zero-order valence-electron chi connectivity index (χ0n) is 10.4. The van der Waals surface area contributed by atoms with Gasteiger partial charge < -0.3 is 5.73 Å². The average Bonchev–Trinajstić information content (AvgIpc) is 2.74. The monoisotopic (exact) mass is 311 g/mol. The number of hydrogen-bond donors (Lipinski definition) is 1. The Morgan fingerprint density at radius 3 is 2.68 bits per heavy atom. The first kappa shape index (κ1) is 15.1. The number of alkyl halides is 3. The van der Waals surface area contributed by atoms with Crippen LogP contribution in [0.1, 0.15) is 30.6 Å². The predicted molar refractivity (Wildman–Crippen MR) is 72.5 cm³/mol. The van der Waals surface area contributed by atoms with E-state index < -0.39 is 12.1 Å². The van der Waals surface area contributed by atoms with E-state index in [2.05, 4.69) is 0 Å². The van der Waals surface area contributed by atoms with Crippen molar-refractivity contribution < 1.29 is 13.2 Å². The van der Waals surface area contributed by atoms with Crippen LogP contribution < -0.4 is 5.73 Å². The molecule has 1 aliphatic carbocycles. The smallest absolute Gasteiger partial charge is 0.327 e. The summed E-state index contributed by atoms with van der Waals surface area (Å²) in [5, 5.41) is 0. The van der Waals surface area contributed by atoms with Crippen molar-refractivity contribution in [2.75, 3.05) is 0 Å². The second-order valence-corrected chi connectivity index (χ2v) is 7.04. The summed E-state index contributed by atoms with van der Waals surface area (Å²) in [4.78, 5) is 1.05. The van der Waals surface area contributed by atoms with Crippen molar-refractivity contribution in [3.05, 3.63) is 21.3 Å². The number of thiophene rings is 1.